The lowest BCUT2D eigenvalue weighted by molar-refractivity contribution is -0.0508. The monoisotopic (exact) mass is 118 g/mol. The molecule has 0 saturated carbocycles. The van der Waals surface area contributed by atoms with Gasteiger partial charge in [0.1, 0.15) is 0 Å². The molecule has 0 aromatic carbocycles. The minimum absolute atomic E-state index is 0.553. The molecule has 1 unspecified atom stereocenters. The minimum Gasteiger partial charge on any atom is -0.378 e. The van der Waals surface area contributed by atoms with Gasteiger partial charge in [-0.25, -0.2) is 0 Å². The van der Waals surface area contributed by atoms with Crippen molar-refractivity contribution >= 4 is 12.6 Å². The summed E-state index contributed by atoms with van der Waals surface area (Å²) in [5, 5.41) is 0. The van der Waals surface area contributed by atoms with Crippen LogP contribution in [0, 0.1) is 0 Å². The van der Waals surface area contributed by atoms with Gasteiger partial charge in [0.25, 0.3) is 0 Å². The number of thiol groups is 1. The van der Waals surface area contributed by atoms with Crippen molar-refractivity contribution in [3.8, 4) is 0 Å². The Bertz CT molecular complexity index is 52.0. The van der Waals surface area contributed by atoms with Crippen molar-refractivity contribution in [3.05, 3.63) is 0 Å². The van der Waals surface area contributed by atoms with Crippen LogP contribution in [0.1, 0.15) is 12.8 Å². The summed E-state index contributed by atoms with van der Waals surface area (Å²) in [6.45, 7) is 0.971. The molecule has 1 atom stereocenters. The van der Waals surface area contributed by atoms with Crippen LogP contribution in [0.4, 0.5) is 0 Å². The molecule has 1 fully saturated rings. The van der Waals surface area contributed by atoms with Crippen LogP contribution >= 0.6 is 12.6 Å². The summed E-state index contributed by atoms with van der Waals surface area (Å²) in [7, 11) is 0. The van der Waals surface area contributed by atoms with E-state index in [1.807, 2.05) is 0 Å². The van der Waals surface area contributed by atoms with E-state index in [9.17, 15) is 0 Å². The number of hydrogen-bond donors (Lipinski definition) is 1. The average molecular weight is 118 g/mol. The summed E-state index contributed by atoms with van der Waals surface area (Å²) in [5.74, 6) is 0.963. The molecule has 1 nitrogen and oxygen atoms in total. The van der Waals surface area contributed by atoms with Crippen LogP contribution in [0.15, 0.2) is 0 Å². The Morgan fingerprint density at radius 1 is 1.71 bits per heavy atom. The Labute approximate surface area is 49.5 Å². The van der Waals surface area contributed by atoms with Gasteiger partial charge in [-0.05, 0) is 18.6 Å². The second-order valence-corrected chi connectivity index (χ2v) is 2.24. The van der Waals surface area contributed by atoms with E-state index in [0.717, 1.165) is 18.8 Å². The summed E-state index contributed by atoms with van der Waals surface area (Å²) in [6.07, 6.45) is 2.93. The smallest absolute Gasteiger partial charge is 0.0604 e. The summed E-state index contributed by atoms with van der Waals surface area (Å²) < 4.78 is 5.12. The molecular weight excluding hydrogens is 108 g/mol. The minimum atomic E-state index is 0.553. The van der Waals surface area contributed by atoms with Gasteiger partial charge >= 0.3 is 0 Å². The summed E-state index contributed by atoms with van der Waals surface area (Å²) in [4.78, 5) is 0. The highest BCUT2D eigenvalue weighted by Gasteiger charge is 2.15. The molecule has 0 amide bonds. The van der Waals surface area contributed by atoms with E-state index in [-0.39, 0.29) is 0 Å². The molecule has 1 heterocycles. The number of rotatable bonds is 2. The maximum absolute atomic E-state index is 5.12. The zero-order valence-electron chi connectivity index (χ0n) is 4.26. The van der Waals surface area contributed by atoms with Gasteiger partial charge in [-0.1, -0.05) is 0 Å². The van der Waals surface area contributed by atoms with Crippen LogP contribution in [0.25, 0.3) is 0 Å². The van der Waals surface area contributed by atoms with E-state index in [4.69, 9.17) is 4.74 Å². The van der Waals surface area contributed by atoms with Gasteiger partial charge in [0.2, 0.25) is 0 Å². The van der Waals surface area contributed by atoms with Crippen molar-refractivity contribution in [1.82, 2.24) is 0 Å². The first-order valence-electron chi connectivity index (χ1n) is 2.66. The van der Waals surface area contributed by atoms with E-state index >= 15 is 0 Å². The second-order valence-electron chi connectivity index (χ2n) is 1.79. The van der Waals surface area contributed by atoms with Crippen LogP contribution in [0.5, 0.6) is 0 Å². The first-order valence-corrected chi connectivity index (χ1v) is 3.29. The Kier molecular flexibility index (Phi) is 2.00. The summed E-state index contributed by atoms with van der Waals surface area (Å²) in [6, 6.07) is 0. The highest BCUT2D eigenvalue weighted by Crippen LogP contribution is 2.14. The molecule has 1 aliphatic rings. The van der Waals surface area contributed by atoms with Crippen molar-refractivity contribution < 1.29 is 4.74 Å². The summed E-state index contributed by atoms with van der Waals surface area (Å²) >= 11 is 4.07. The van der Waals surface area contributed by atoms with Crippen LogP contribution < -0.4 is 0 Å². The largest absolute Gasteiger partial charge is 0.378 e. The molecule has 1 saturated heterocycles. The van der Waals surface area contributed by atoms with Crippen molar-refractivity contribution in [1.29, 1.82) is 0 Å². The third kappa shape index (κ3) is 1.35. The van der Waals surface area contributed by atoms with E-state index in [1.165, 1.54) is 6.42 Å². The lowest BCUT2D eigenvalue weighted by Gasteiger charge is -2.25. The highest BCUT2D eigenvalue weighted by atomic mass is 32.1. The predicted octanol–water partition coefficient (Wildman–Crippen LogP) is 1.10. The van der Waals surface area contributed by atoms with E-state index < -0.39 is 0 Å². The lowest BCUT2D eigenvalue weighted by Crippen LogP contribution is -2.26. The van der Waals surface area contributed by atoms with Crippen molar-refractivity contribution in [2.75, 3.05) is 12.4 Å². The standard InChI is InChI=1S/C5H10OS/c7-4-2-5-1-3-6-5/h5,7H,1-4H2. The first kappa shape index (κ1) is 5.45. The zero-order valence-corrected chi connectivity index (χ0v) is 5.16. The van der Waals surface area contributed by atoms with Crippen molar-refractivity contribution in [3.63, 3.8) is 0 Å². The average Bonchev–Trinajstić information content (AvgIpc) is 1.55. The van der Waals surface area contributed by atoms with E-state index in [2.05, 4.69) is 12.6 Å². The van der Waals surface area contributed by atoms with Crippen LogP contribution in [0.3, 0.4) is 0 Å². The van der Waals surface area contributed by atoms with Crippen LogP contribution in [0.2, 0.25) is 0 Å². The number of hydrogen-bond acceptors (Lipinski definition) is 2. The first-order chi connectivity index (χ1) is 3.43. The van der Waals surface area contributed by atoms with Gasteiger partial charge in [-0.15, -0.1) is 0 Å². The molecule has 0 aromatic heterocycles. The Hall–Kier alpha value is 0.310. The predicted molar refractivity (Wildman–Crippen MR) is 32.8 cm³/mol. The summed E-state index contributed by atoms with van der Waals surface area (Å²) in [5.41, 5.74) is 0. The molecule has 2 heteroatoms. The third-order valence-electron chi connectivity index (χ3n) is 1.24. The molecule has 1 aliphatic heterocycles. The molecule has 0 aromatic rings. The molecule has 0 spiro atoms. The van der Waals surface area contributed by atoms with E-state index in [1.54, 1.807) is 0 Å². The highest BCUT2D eigenvalue weighted by molar-refractivity contribution is 7.80. The fourth-order valence-electron chi connectivity index (χ4n) is 0.656. The van der Waals surface area contributed by atoms with Crippen molar-refractivity contribution in [2.45, 2.75) is 18.9 Å². The molecule has 1 rings (SSSR count). The maximum atomic E-state index is 5.12. The second kappa shape index (κ2) is 2.58. The lowest BCUT2D eigenvalue weighted by atomic mass is 10.1. The van der Waals surface area contributed by atoms with Gasteiger partial charge < -0.3 is 4.74 Å². The SMILES string of the molecule is SCCC1CCO1. The molecule has 0 bridgehead atoms. The van der Waals surface area contributed by atoms with Gasteiger partial charge in [-0.2, -0.15) is 12.6 Å². The normalized spacial score (nSPS) is 29.6. The van der Waals surface area contributed by atoms with E-state index in [0.29, 0.717) is 6.10 Å². The van der Waals surface area contributed by atoms with Crippen molar-refractivity contribution in [2.24, 2.45) is 0 Å². The third-order valence-corrected chi connectivity index (χ3v) is 1.50. The molecule has 7 heavy (non-hydrogen) atoms. The quantitative estimate of drug-likeness (QED) is 0.534. The van der Waals surface area contributed by atoms with Crippen LogP contribution in [-0.4, -0.2) is 18.5 Å². The van der Waals surface area contributed by atoms with Crippen LogP contribution in [-0.2, 0) is 4.74 Å². The molecule has 0 N–H and O–H groups in total. The Morgan fingerprint density at radius 2 is 2.43 bits per heavy atom. The van der Waals surface area contributed by atoms with Gasteiger partial charge in [0, 0.05) is 6.61 Å². The molecule has 0 radical (unpaired) electrons. The topological polar surface area (TPSA) is 9.23 Å². The molecule has 0 aliphatic carbocycles. The Morgan fingerprint density at radius 3 is 2.57 bits per heavy atom. The molecular formula is C5H10OS. The Balaban J connectivity index is 1.93. The fourth-order valence-corrected chi connectivity index (χ4v) is 0.944. The van der Waals surface area contributed by atoms with Gasteiger partial charge in [0.15, 0.2) is 0 Å². The van der Waals surface area contributed by atoms with Gasteiger partial charge in [0.05, 0.1) is 6.10 Å². The molecule has 42 valence electrons. The maximum Gasteiger partial charge on any atom is 0.0604 e. The fraction of sp³-hybridized carbons (Fsp3) is 1.00. The zero-order chi connectivity index (χ0) is 5.11. The van der Waals surface area contributed by atoms with Gasteiger partial charge in [-0.3, -0.25) is 0 Å². The number of ether oxygens (including phenoxy) is 1.